The predicted octanol–water partition coefficient (Wildman–Crippen LogP) is 1.74. The Balaban J connectivity index is 2.05. The summed E-state index contributed by atoms with van der Waals surface area (Å²) in [4.78, 5) is 0. The summed E-state index contributed by atoms with van der Waals surface area (Å²) in [5.41, 5.74) is -0.671. The van der Waals surface area contributed by atoms with Gasteiger partial charge in [-0.1, -0.05) is 18.2 Å². The molecule has 1 aromatic heterocycles. The summed E-state index contributed by atoms with van der Waals surface area (Å²) < 4.78 is 37.0. The summed E-state index contributed by atoms with van der Waals surface area (Å²) in [6, 6.07) is 10.6. The van der Waals surface area contributed by atoms with Crippen LogP contribution in [0.1, 0.15) is 6.42 Å². The molecule has 2 aromatic rings. The smallest absolute Gasteiger partial charge is 0.277 e. The Kier molecular flexibility index (Phi) is 3.24. The molecule has 3 rings (SSSR count). The maximum Gasteiger partial charge on any atom is 0.277 e. The van der Waals surface area contributed by atoms with Crippen molar-refractivity contribution >= 4 is 21.0 Å². The minimum atomic E-state index is -3.89. The van der Waals surface area contributed by atoms with E-state index in [9.17, 15) is 13.7 Å². The lowest BCUT2D eigenvalue weighted by molar-refractivity contribution is 0.162. The lowest BCUT2D eigenvalue weighted by Gasteiger charge is -2.28. The molecule has 0 aliphatic carbocycles. The van der Waals surface area contributed by atoms with Gasteiger partial charge >= 0.3 is 0 Å². The van der Waals surface area contributed by atoms with Gasteiger partial charge in [-0.3, -0.25) is 0 Å². The van der Waals surface area contributed by atoms with E-state index in [1.807, 2.05) is 0 Å². The van der Waals surface area contributed by atoms with E-state index in [2.05, 4.69) is 6.07 Å². The van der Waals surface area contributed by atoms with Crippen molar-refractivity contribution in [2.75, 3.05) is 20.3 Å². The molecule has 0 amide bonds. The largest absolute Gasteiger partial charge is 0.443 e. The second-order valence-electron chi connectivity index (χ2n) is 5.02. The highest BCUT2D eigenvalue weighted by Crippen LogP contribution is 2.32. The van der Waals surface area contributed by atoms with Crippen LogP contribution in [-0.4, -0.2) is 38.5 Å². The first-order valence-electron chi connectivity index (χ1n) is 6.46. The summed E-state index contributed by atoms with van der Waals surface area (Å²) in [5.74, 6) is 0. The van der Waals surface area contributed by atoms with Gasteiger partial charge in [-0.05, 0) is 6.07 Å². The fourth-order valence-electron chi connectivity index (χ4n) is 2.41. The molecular formula is C14H14N2O4S. The summed E-state index contributed by atoms with van der Waals surface area (Å²) >= 11 is 0. The number of hydrogen-bond acceptors (Lipinski definition) is 5. The first-order chi connectivity index (χ1) is 9.99. The molecule has 0 bridgehead atoms. The van der Waals surface area contributed by atoms with Gasteiger partial charge in [-0.25, -0.2) is 8.42 Å². The summed E-state index contributed by atoms with van der Waals surface area (Å²) in [5, 5.41) is 9.92. The molecule has 1 atom stereocenters. The Morgan fingerprint density at radius 3 is 2.76 bits per heavy atom. The average molecular weight is 306 g/mol. The zero-order chi connectivity index (χ0) is 15.1. The van der Waals surface area contributed by atoms with E-state index >= 15 is 0 Å². The molecule has 1 aliphatic heterocycles. The summed E-state index contributed by atoms with van der Waals surface area (Å²) in [7, 11) is -2.50. The maximum absolute atomic E-state index is 12.7. The molecule has 110 valence electrons. The Morgan fingerprint density at radius 1 is 1.38 bits per heavy atom. The van der Waals surface area contributed by atoms with Crippen LogP contribution in [0.15, 0.2) is 39.8 Å². The minimum Gasteiger partial charge on any atom is -0.443 e. The van der Waals surface area contributed by atoms with Gasteiger partial charge in [-0.2, -0.15) is 9.57 Å². The molecule has 1 fully saturated rings. The molecule has 0 radical (unpaired) electrons. The van der Waals surface area contributed by atoms with E-state index in [1.165, 1.54) is 13.1 Å². The molecule has 2 heterocycles. The fourth-order valence-corrected chi connectivity index (χ4v) is 3.80. The molecule has 1 saturated heterocycles. The van der Waals surface area contributed by atoms with Gasteiger partial charge in [0, 0.05) is 31.5 Å². The highest BCUT2D eigenvalue weighted by molar-refractivity contribution is 7.89. The van der Waals surface area contributed by atoms with E-state index in [0.29, 0.717) is 24.0 Å². The molecule has 1 aliphatic rings. The number of likely N-dealkylation sites (N-methyl/N-ethyl adjacent to an activating group) is 1. The van der Waals surface area contributed by atoms with Crippen molar-refractivity contribution in [1.29, 1.82) is 5.26 Å². The van der Waals surface area contributed by atoms with Crippen LogP contribution < -0.4 is 0 Å². The molecule has 0 spiro atoms. The average Bonchev–Trinajstić information content (AvgIpc) is 3.13. The zero-order valence-electron chi connectivity index (χ0n) is 11.4. The van der Waals surface area contributed by atoms with Gasteiger partial charge in [0.2, 0.25) is 5.09 Å². The van der Waals surface area contributed by atoms with Gasteiger partial charge in [0.15, 0.2) is 0 Å². The number of fused-ring (bicyclic) bond motifs is 1. The molecule has 0 unspecified atom stereocenters. The monoisotopic (exact) mass is 306 g/mol. The number of rotatable bonds is 3. The van der Waals surface area contributed by atoms with Crippen molar-refractivity contribution in [2.45, 2.75) is 17.1 Å². The molecule has 0 saturated carbocycles. The first kappa shape index (κ1) is 14.1. The highest BCUT2D eigenvalue weighted by atomic mass is 32.2. The Bertz CT molecular complexity index is 780. The highest BCUT2D eigenvalue weighted by Gasteiger charge is 2.46. The van der Waals surface area contributed by atoms with Gasteiger partial charge in [0.1, 0.15) is 11.1 Å². The third kappa shape index (κ3) is 2.12. The lowest BCUT2D eigenvalue weighted by Crippen LogP contribution is -2.48. The number of furan rings is 1. The maximum atomic E-state index is 12.7. The summed E-state index contributed by atoms with van der Waals surface area (Å²) in [6.45, 7) is 0.438. The van der Waals surface area contributed by atoms with Gasteiger partial charge in [0.05, 0.1) is 12.7 Å². The van der Waals surface area contributed by atoms with Crippen molar-refractivity contribution in [3.63, 3.8) is 0 Å². The van der Waals surface area contributed by atoms with Gasteiger partial charge < -0.3 is 9.15 Å². The van der Waals surface area contributed by atoms with Crippen LogP contribution >= 0.6 is 0 Å². The van der Waals surface area contributed by atoms with Crippen LogP contribution in [0.25, 0.3) is 11.0 Å². The molecular weight excluding hydrogens is 292 g/mol. The standard InChI is InChI=1S/C14H14N2O4S/c1-16(14(9-15)6-7-19-10-14)21(17,18)13-8-11-4-2-3-5-12(11)20-13/h2-5,8H,6-7,10H2,1H3/t14-/m1/s1. The van der Waals surface area contributed by atoms with Crippen LogP contribution in [0.3, 0.4) is 0 Å². The van der Waals surface area contributed by atoms with Crippen molar-refractivity contribution in [2.24, 2.45) is 0 Å². The van der Waals surface area contributed by atoms with Gasteiger partial charge in [0.25, 0.3) is 10.0 Å². The molecule has 6 nitrogen and oxygen atoms in total. The Hall–Kier alpha value is -1.88. The number of sulfonamides is 1. The number of benzene rings is 1. The number of hydrogen-bond donors (Lipinski definition) is 0. The van der Waals surface area contributed by atoms with Crippen molar-refractivity contribution in [1.82, 2.24) is 4.31 Å². The van der Waals surface area contributed by atoms with Crippen LogP contribution in [0.4, 0.5) is 0 Å². The van der Waals surface area contributed by atoms with Crippen LogP contribution in [0, 0.1) is 11.3 Å². The Morgan fingerprint density at radius 2 is 2.14 bits per heavy atom. The number of nitrogens with zero attached hydrogens (tertiary/aromatic N) is 2. The number of para-hydroxylation sites is 1. The van der Waals surface area contributed by atoms with Crippen LogP contribution in [0.5, 0.6) is 0 Å². The summed E-state index contributed by atoms with van der Waals surface area (Å²) in [6.07, 6.45) is 0.347. The van der Waals surface area contributed by atoms with Crippen LogP contribution in [0.2, 0.25) is 0 Å². The molecule has 21 heavy (non-hydrogen) atoms. The van der Waals surface area contributed by atoms with E-state index < -0.39 is 15.6 Å². The molecule has 7 heteroatoms. The van der Waals surface area contributed by atoms with E-state index in [-0.39, 0.29) is 11.7 Å². The lowest BCUT2D eigenvalue weighted by atomic mass is 10.0. The zero-order valence-corrected chi connectivity index (χ0v) is 12.3. The van der Waals surface area contributed by atoms with E-state index in [1.54, 1.807) is 24.3 Å². The first-order valence-corrected chi connectivity index (χ1v) is 7.90. The molecule has 1 aromatic carbocycles. The fraction of sp³-hybridized carbons (Fsp3) is 0.357. The number of ether oxygens (including phenoxy) is 1. The predicted molar refractivity (Wildman–Crippen MR) is 74.9 cm³/mol. The van der Waals surface area contributed by atoms with E-state index in [0.717, 1.165) is 4.31 Å². The van der Waals surface area contributed by atoms with Crippen molar-refractivity contribution in [3.8, 4) is 6.07 Å². The van der Waals surface area contributed by atoms with Crippen molar-refractivity contribution < 1.29 is 17.6 Å². The normalized spacial score (nSPS) is 22.7. The third-order valence-corrected chi connectivity index (χ3v) is 5.61. The van der Waals surface area contributed by atoms with Gasteiger partial charge in [-0.15, -0.1) is 0 Å². The number of nitriles is 1. The SMILES string of the molecule is CN([C@@]1(C#N)CCOC1)S(=O)(=O)c1cc2ccccc2o1. The topological polar surface area (TPSA) is 83.5 Å². The van der Waals surface area contributed by atoms with Crippen LogP contribution in [-0.2, 0) is 14.8 Å². The third-order valence-electron chi connectivity index (χ3n) is 3.83. The quantitative estimate of drug-likeness (QED) is 0.862. The minimum absolute atomic E-state index is 0.0689. The molecule has 0 N–H and O–H groups in total. The second kappa shape index (κ2) is 4.84. The van der Waals surface area contributed by atoms with E-state index in [4.69, 9.17) is 9.15 Å². The van der Waals surface area contributed by atoms with Crippen molar-refractivity contribution in [3.05, 3.63) is 30.3 Å². The Labute approximate surface area is 122 Å². The second-order valence-corrected chi connectivity index (χ2v) is 6.92.